The first-order valence-corrected chi connectivity index (χ1v) is 3.88. The van der Waals surface area contributed by atoms with Crippen molar-refractivity contribution in [2.24, 2.45) is 0 Å². The van der Waals surface area contributed by atoms with E-state index in [1.54, 1.807) is 0 Å². The van der Waals surface area contributed by atoms with Gasteiger partial charge in [-0.25, -0.2) is 4.79 Å². The second kappa shape index (κ2) is 4.84. The minimum atomic E-state index is -1.14. The molecule has 2 N–H and O–H groups in total. The highest BCUT2D eigenvalue weighted by atomic mass is 16.5. The fraction of sp³-hybridized carbons (Fsp3) is 0.286. The molecule has 0 aromatic carbocycles. The van der Waals surface area contributed by atoms with Crippen molar-refractivity contribution in [3.8, 4) is 0 Å². The summed E-state index contributed by atoms with van der Waals surface area (Å²) in [4.78, 5) is 21.3. The SMILES string of the molecule is C=C(CC(=O)O)C(=O)OCc1nn[nH]n1. The number of hydrogen-bond acceptors (Lipinski definition) is 6. The van der Waals surface area contributed by atoms with E-state index in [-0.39, 0.29) is 18.0 Å². The van der Waals surface area contributed by atoms with Gasteiger partial charge in [-0.1, -0.05) is 11.8 Å². The Labute approximate surface area is 83.9 Å². The average Bonchev–Trinajstić information content (AvgIpc) is 2.65. The van der Waals surface area contributed by atoms with Crippen LogP contribution in [-0.2, 0) is 20.9 Å². The maximum atomic E-state index is 11.1. The molecule has 8 heteroatoms. The molecule has 0 radical (unpaired) electrons. The molecular weight excluding hydrogens is 204 g/mol. The lowest BCUT2D eigenvalue weighted by Crippen LogP contribution is -2.11. The van der Waals surface area contributed by atoms with Gasteiger partial charge in [-0.15, -0.1) is 10.2 Å². The molecule has 0 unspecified atom stereocenters. The first kappa shape index (κ1) is 10.8. The summed E-state index contributed by atoms with van der Waals surface area (Å²) in [6.45, 7) is 3.10. The van der Waals surface area contributed by atoms with Gasteiger partial charge in [0.25, 0.3) is 0 Å². The Morgan fingerprint density at radius 3 is 2.80 bits per heavy atom. The molecule has 1 heterocycles. The molecule has 1 rings (SSSR count). The van der Waals surface area contributed by atoms with Gasteiger partial charge in [0.15, 0.2) is 6.61 Å². The van der Waals surface area contributed by atoms with Crippen molar-refractivity contribution >= 4 is 11.9 Å². The number of nitrogens with one attached hydrogen (secondary N) is 1. The Balaban J connectivity index is 2.36. The lowest BCUT2D eigenvalue weighted by Gasteiger charge is -2.02. The predicted octanol–water partition coefficient (Wildman–Crippen LogP) is -0.726. The summed E-state index contributed by atoms with van der Waals surface area (Å²) in [6.07, 6.45) is -0.453. The van der Waals surface area contributed by atoms with Crippen LogP contribution < -0.4 is 0 Å². The maximum Gasteiger partial charge on any atom is 0.334 e. The summed E-state index contributed by atoms with van der Waals surface area (Å²) in [5.41, 5.74) is -0.133. The lowest BCUT2D eigenvalue weighted by atomic mass is 10.2. The van der Waals surface area contributed by atoms with Gasteiger partial charge < -0.3 is 9.84 Å². The molecule has 80 valence electrons. The van der Waals surface area contributed by atoms with Gasteiger partial charge in [0.1, 0.15) is 0 Å². The maximum absolute atomic E-state index is 11.1. The van der Waals surface area contributed by atoms with Crippen molar-refractivity contribution in [1.82, 2.24) is 20.6 Å². The van der Waals surface area contributed by atoms with E-state index in [0.29, 0.717) is 0 Å². The topological polar surface area (TPSA) is 118 Å². The third-order valence-corrected chi connectivity index (χ3v) is 1.37. The summed E-state index contributed by atoms with van der Waals surface area (Å²) in [7, 11) is 0. The van der Waals surface area contributed by atoms with Crippen LogP contribution in [0.5, 0.6) is 0 Å². The fourth-order valence-corrected chi connectivity index (χ4v) is 0.731. The van der Waals surface area contributed by atoms with Crippen LogP contribution in [0.3, 0.4) is 0 Å². The van der Waals surface area contributed by atoms with Gasteiger partial charge in [0, 0.05) is 5.57 Å². The molecule has 0 saturated carbocycles. The summed E-state index contributed by atoms with van der Waals surface area (Å²) < 4.78 is 4.66. The van der Waals surface area contributed by atoms with Crippen LogP contribution >= 0.6 is 0 Å². The van der Waals surface area contributed by atoms with Crippen molar-refractivity contribution in [3.05, 3.63) is 18.0 Å². The summed E-state index contributed by atoms with van der Waals surface area (Å²) in [5, 5.41) is 20.9. The highest BCUT2D eigenvalue weighted by molar-refractivity contribution is 5.92. The monoisotopic (exact) mass is 212 g/mol. The van der Waals surface area contributed by atoms with E-state index in [1.165, 1.54) is 0 Å². The minimum Gasteiger partial charge on any atom is -0.481 e. The number of carbonyl (C=O) groups is 2. The van der Waals surface area contributed by atoms with Gasteiger partial charge in [0.05, 0.1) is 6.42 Å². The number of H-pyrrole nitrogens is 1. The van der Waals surface area contributed by atoms with Crippen molar-refractivity contribution in [2.45, 2.75) is 13.0 Å². The number of carbonyl (C=O) groups excluding carboxylic acids is 1. The van der Waals surface area contributed by atoms with Gasteiger partial charge >= 0.3 is 11.9 Å². The summed E-state index contributed by atoms with van der Waals surface area (Å²) in [5.74, 6) is -1.73. The number of nitrogens with zero attached hydrogens (tertiary/aromatic N) is 3. The van der Waals surface area contributed by atoms with Crippen LogP contribution in [-0.4, -0.2) is 37.7 Å². The van der Waals surface area contributed by atoms with Crippen LogP contribution in [0.25, 0.3) is 0 Å². The van der Waals surface area contributed by atoms with Gasteiger partial charge in [-0.3, -0.25) is 4.79 Å². The molecule has 15 heavy (non-hydrogen) atoms. The average molecular weight is 212 g/mol. The Hall–Kier alpha value is -2.25. The number of aromatic nitrogens is 4. The molecule has 0 fully saturated rings. The molecule has 0 atom stereocenters. The Kier molecular flexibility index (Phi) is 3.49. The molecule has 1 aromatic heterocycles. The molecule has 8 nitrogen and oxygen atoms in total. The Morgan fingerprint density at radius 2 is 2.27 bits per heavy atom. The van der Waals surface area contributed by atoms with E-state index in [4.69, 9.17) is 5.11 Å². The standard InChI is InChI=1S/C7H8N4O4/c1-4(2-6(12)13)7(14)15-3-5-8-10-11-9-5/h1-3H2,(H,12,13)(H,8,9,10,11). The first-order valence-electron chi connectivity index (χ1n) is 3.88. The van der Waals surface area contributed by atoms with Crippen LogP contribution in [0.2, 0.25) is 0 Å². The van der Waals surface area contributed by atoms with Crippen molar-refractivity contribution < 1.29 is 19.4 Å². The third-order valence-electron chi connectivity index (χ3n) is 1.37. The van der Waals surface area contributed by atoms with E-state index in [1.807, 2.05) is 0 Å². The van der Waals surface area contributed by atoms with E-state index >= 15 is 0 Å². The van der Waals surface area contributed by atoms with Crippen LogP contribution in [0.4, 0.5) is 0 Å². The van der Waals surface area contributed by atoms with Crippen LogP contribution in [0, 0.1) is 0 Å². The van der Waals surface area contributed by atoms with Crippen molar-refractivity contribution in [1.29, 1.82) is 0 Å². The minimum absolute atomic E-state index is 0.133. The number of tetrazole rings is 1. The number of rotatable bonds is 5. The summed E-state index contributed by atoms with van der Waals surface area (Å²) in [6, 6.07) is 0. The zero-order valence-corrected chi connectivity index (χ0v) is 7.63. The predicted molar refractivity (Wildman–Crippen MR) is 45.4 cm³/mol. The summed E-state index contributed by atoms with van der Waals surface area (Å²) >= 11 is 0. The number of esters is 1. The molecule has 0 amide bonds. The zero-order chi connectivity index (χ0) is 11.3. The second-order valence-corrected chi connectivity index (χ2v) is 2.58. The molecule has 0 aliphatic rings. The van der Waals surface area contributed by atoms with Crippen molar-refractivity contribution in [2.75, 3.05) is 0 Å². The molecule has 0 bridgehead atoms. The van der Waals surface area contributed by atoms with E-state index < -0.39 is 18.4 Å². The number of carboxylic acid groups (broad SMARTS) is 1. The Bertz CT molecular complexity index is 372. The number of ether oxygens (including phenoxy) is 1. The highest BCUT2D eigenvalue weighted by Crippen LogP contribution is 2.02. The molecule has 0 spiro atoms. The number of aliphatic carboxylic acids is 1. The van der Waals surface area contributed by atoms with Gasteiger partial charge in [0.2, 0.25) is 5.82 Å². The first-order chi connectivity index (χ1) is 7.09. The smallest absolute Gasteiger partial charge is 0.334 e. The number of carboxylic acids is 1. The molecule has 1 aromatic rings. The van der Waals surface area contributed by atoms with E-state index in [2.05, 4.69) is 31.9 Å². The third kappa shape index (κ3) is 3.55. The molecular formula is C7H8N4O4. The number of hydrogen-bond donors (Lipinski definition) is 2. The second-order valence-electron chi connectivity index (χ2n) is 2.58. The fourth-order valence-electron chi connectivity index (χ4n) is 0.731. The quantitative estimate of drug-likeness (QED) is 0.488. The van der Waals surface area contributed by atoms with Crippen molar-refractivity contribution in [3.63, 3.8) is 0 Å². The Morgan fingerprint density at radius 1 is 1.53 bits per heavy atom. The normalized spacial score (nSPS) is 9.60. The van der Waals surface area contributed by atoms with Crippen LogP contribution in [0.1, 0.15) is 12.2 Å². The molecule has 0 aliphatic heterocycles. The molecule has 0 aliphatic carbocycles. The number of aromatic amines is 1. The highest BCUT2D eigenvalue weighted by Gasteiger charge is 2.13. The van der Waals surface area contributed by atoms with Gasteiger partial charge in [-0.2, -0.15) is 5.21 Å². The largest absolute Gasteiger partial charge is 0.481 e. The zero-order valence-electron chi connectivity index (χ0n) is 7.63. The van der Waals surface area contributed by atoms with E-state index in [0.717, 1.165) is 0 Å². The van der Waals surface area contributed by atoms with E-state index in [9.17, 15) is 9.59 Å². The molecule has 0 saturated heterocycles. The van der Waals surface area contributed by atoms with Crippen LogP contribution in [0.15, 0.2) is 12.2 Å². The lowest BCUT2D eigenvalue weighted by molar-refractivity contribution is -0.143. The van der Waals surface area contributed by atoms with Gasteiger partial charge in [-0.05, 0) is 0 Å².